The van der Waals surface area contributed by atoms with Crippen molar-refractivity contribution in [2.75, 3.05) is 13.7 Å². The Hall–Kier alpha value is -3.21. The van der Waals surface area contributed by atoms with Gasteiger partial charge in [0.25, 0.3) is 11.6 Å². The topological polar surface area (TPSA) is 120 Å². The van der Waals surface area contributed by atoms with Crippen molar-refractivity contribution in [1.29, 1.82) is 0 Å². The van der Waals surface area contributed by atoms with E-state index in [1.807, 2.05) is 0 Å². The molecule has 0 fully saturated rings. The summed E-state index contributed by atoms with van der Waals surface area (Å²) in [7, 11) is 1.23. The Labute approximate surface area is 189 Å². The molecule has 0 saturated heterocycles. The van der Waals surface area contributed by atoms with Crippen LogP contribution in [-0.2, 0) is 9.53 Å². The molecule has 0 aliphatic rings. The molecular weight excluding hydrogens is 469 g/mol. The molecule has 0 atom stereocenters. The normalized spacial score (nSPS) is 10.9. The molecule has 9 nitrogen and oxygen atoms in total. The molecule has 1 aromatic heterocycles. The first kappa shape index (κ1) is 22.5. The fourth-order valence-electron chi connectivity index (χ4n) is 2.46. The number of methoxy groups -OCH3 is 1. The highest BCUT2D eigenvalue weighted by molar-refractivity contribution is 7.20. The Kier molecular flexibility index (Phi) is 7.06. The van der Waals surface area contributed by atoms with Crippen LogP contribution in [0.4, 0.5) is 5.69 Å². The minimum Gasteiger partial charge on any atom is -0.479 e. The molecule has 0 unspecified atom stereocenters. The molecule has 0 aliphatic heterocycles. The van der Waals surface area contributed by atoms with E-state index >= 15 is 0 Å². The van der Waals surface area contributed by atoms with Gasteiger partial charge in [0.05, 0.1) is 33.2 Å². The van der Waals surface area contributed by atoms with Gasteiger partial charge in [-0.2, -0.15) is 5.10 Å². The number of hydrogen-bond acceptors (Lipinski definition) is 8. The molecular formula is C19H13Cl2N3O6S. The van der Waals surface area contributed by atoms with Crippen molar-refractivity contribution >= 4 is 68.4 Å². The Bertz CT molecular complexity index is 1190. The highest BCUT2D eigenvalue weighted by Crippen LogP contribution is 2.34. The van der Waals surface area contributed by atoms with Crippen molar-refractivity contribution in [1.82, 2.24) is 5.43 Å². The number of hydrogen-bond donors (Lipinski definition) is 1. The SMILES string of the molecule is COC(=O)COc1c(Cl)cc(/C=N\NC(=O)c2cc3cc([N+](=O)[O-])ccc3s2)cc1Cl. The quantitative estimate of drug-likeness (QED) is 0.230. The van der Waals surface area contributed by atoms with E-state index in [2.05, 4.69) is 15.3 Å². The van der Waals surface area contributed by atoms with E-state index in [1.165, 1.54) is 48.9 Å². The second kappa shape index (κ2) is 9.73. The van der Waals surface area contributed by atoms with Gasteiger partial charge < -0.3 is 9.47 Å². The van der Waals surface area contributed by atoms with Crippen molar-refractivity contribution in [2.24, 2.45) is 5.10 Å². The summed E-state index contributed by atoms with van der Waals surface area (Å²) in [5.41, 5.74) is 2.80. The predicted molar refractivity (Wildman–Crippen MR) is 118 cm³/mol. The van der Waals surface area contributed by atoms with Gasteiger partial charge in [0.15, 0.2) is 12.4 Å². The van der Waals surface area contributed by atoms with Crippen molar-refractivity contribution in [3.63, 3.8) is 0 Å². The number of non-ortho nitro benzene ring substituents is 1. The summed E-state index contributed by atoms with van der Waals surface area (Å²) >= 11 is 13.4. The number of nitrogens with zero attached hydrogens (tertiary/aromatic N) is 2. The van der Waals surface area contributed by atoms with Crippen LogP contribution >= 0.6 is 34.5 Å². The number of nitrogens with one attached hydrogen (secondary N) is 1. The van der Waals surface area contributed by atoms with Crippen molar-refractivity contribution < 1.29 is 24.0 Å². The van der Waals surface area contributed by atoms with Crippen molar-refractivity contribution in [2.45, 2.75) is 0 Å². The van der Waals surface area contributed by atoms with Crippen LogP contribution in [0.1, 0.15) is 15.2 Å². The van der Waals surface area contributed by atoms with Crippen LogP contribution in [0.15, 0.2) is 41.5 Å². The van der Waals surface area contributed by atoms with E-state index < -0.39 is 16.8 Å². The van der Waals surface area contributed by atoms with E-state index in [9.17, 15) is 19.7 Å². The summed E-state index contributed by atoms with van der Waals surface area (Å²) in [4.78, 5) is 34.2. The Balaban J connectivity index is 1.68. The number of thiophene rings is 1. The maximum absolute atomic E-state index is 12.3. The second-order valence-electron chi connectivity index (χ2n) is 5.97. The standard InChI is InChI=1S/C19H13Cl2N3O6S/c1-29-17(25)9-30-18-13(20)4-10(5-14(18)21)8-22-23-19(26)16-7-11-6-12(24(27)28)2-3-15(11)31-16/h2-8H,9H2,1H3,(H,23,26)/b22-8-. The first-order chi connectivity index (χ1) is 14.8. The van der Waals surface area contributed by atoms with Crippen molar-refractivity contribution in [3.05, 3.63) is 67.0 Å². The van der Waals surface area contributed by atoms with Gasteiger partial charge in [0, 0.05) is 22.2 Å². The fourth-order valence-corrected chi connectivity index (χ4v) is 4.00. The number of rotatable bonds is 7. The molecule has 1 heterocycles. The molecule has 1 N–H and O–H groups in total. The monoisotopic (exact) mass is 481 g/mol. The first-order valence-electron chi connectivity index (χ1n) is 8.48. The van der Waals surface area contributed by atoms with Crippen LogP contribution in [0.25, 0.3) is 10.1 Å². The van der Waals surface area contributed by atoms with Crippen LogP contribution in [0.3, 0.4) is 0 Å². The highest BCUT2D eigenvalue weighted by atomic mass is 35.5. The molecule has 1 amide bonds. The third-order valence-electron chi connectivity index (χ3n) is 3.90. The third-order valence-corrected chi connectivity index (χ3v) is 5.57. The molecule has 3 rings (SSSR count). The Morgan fingerprint density at radius 1 is 1.23 bits per heavy atom. The van der Waals surface area contributed by atoms with E-state index in [1.54, 1.807) is 12.1 Å². The van der Waals surface area contributed by atoms with Crippen LogP contribution in [0, 0.1) is 10.1 Å². The summed E-state index contributed by atoms with van der Waals surface area (Å²) in [5.74, 6) is -0.944. The summed E-state index contributed by atoms with van der Waals surface area (Å²) < 4.78 is 10.5. The first-order valence-corrected chi connectivity index (χ1v) is 10.1. The number of carbonyl (C=O) groups excluding carboxylic acids is 2. The number of nitro groups is 1. The smallest absolute Gasteiger partial charge is 0.343 e. The minimum absolute atomic E-state index is 0.0527. The maximum atomic E-state index is 12.3. The van der Waals surface area contributed by atoms with Gasteiger partial charge in [-0.1, -0.05) is 23.2 Å². The molecule has 0 aliphatic carbocycles. The van der Waals surface area contributed by atoms with Gasteiger partial charge in [-0.05, 0) is 29.8 Å². The lowest BCUT2D eigenvalue weighted by Gasteiger charge is -2.09. The van der Waals surface area contributed by atoms with Crippen LogP contribution < -0.4 is 10.2 Å². The van der Waals surface area contributed by atoms with Crippen molar-refractivity contribution in [3.8, 4) is 5.75 Å². The fraction of sp³-hybridized carbons (Fsp3) is 0.105. The Morgan fingerprint density at radius 3 is 2.58 bits per heavy atom. The lowest BCUT2D eigenvalue weighted by Crippen LogP contribution is -2.16. The summed E-state index contributed by atoms with van der Waals surface area (Å²) in [5, 5.41) is 15.6. The molecule has 12 heteroatoms. The number of amides is 1. The molecule has 0 spiro atoms. The molecule has 31 heavy (non-hydrogen) atoms. The number of carbonyl (C=O) groups is 2. The summed E-state index contributed by atoms with van der Waals surface area (Å²) in [6.45, 7) is -0.349. The number of esters is 1. The van der Waals surface area contributed by atoms with Crippen LogP contribution in [-0.4, -0.2) is 36.7 Å². The van der Waals surface area contributed by atoms with Crippen LogP contribution in [0.5, 0.6) is 5.75 Å². The average molecular weight is 482 g/mol. The highest BCUT2D eigenvalue weighted by Gasteiger charge is 2.14. The van der Waals surface area contributed by atoms with Gasteiger partial charge in [-0.25, -0.2) is 10.2 Å². The zero-order chi connectivity index (χ0) is 22.5. The average Bonchev–Trinajstić information content (AvgIpc) is 3.16. The van der Waals surface area contributed by atoms with Gasteiger partial charge >= 0.3 is 5.97 Å². The van der Waals surface area contributed by atoms with E-state index in [0.717, 1.165) is 4.70 Å². The maximum Gasteiger partial charge on any atom is 0.343 e. The summed E-state index contributed by atoms with van der Waals surface area (Å²) in [6.07, 6.45) is 1.33. The van der Waals surface area contributed by atoms with Gasteiger partial charge in [0.2, 0.25) is 0 Å². The molecule has 3 aromatic rings. The van der Waals surface area contributed by atoms with E-state index in [0.29, 0.717) is 15.8 Å². The minimum atomic E-state index is -0.587. The largest absolute Gasteiger partial charge is 0.479 e. The van der Waals surface area contributed by atoms with Gasteiger partial charge in [-0.15, -0.1) is 11.3 Å². The zero-order valence-corrected chi connectivity index (χ0v) is 18.1. The number of ether oxygens (including phenoxy) is 2. The number of halogens is 2. The number of hydrazone groups is 1. The van der Waals surface area contributed by atoms with E-state index in [4.69, 9.17) is 27.9 Å². The molecule has 0 radical (unpaired) electrons. The lowest BCUT2D eigenvalue weighted by atomic mass is 10.2. The Morgan fingerprint density at radius 2 is 1.94 bits per heavy atom. The molecule has 0 saturated carbocycles. The number of benzene rings is 2. The van der Waals surface area contributed by atoms with Crippen LogP contribution in [0.2, 0.25) is 10.0 Å². The third kappa shape index (κ3) is 5.48. The van der Waals surface area contributed by atoms with Gasteiger partial charge in [-0.3, -0.25) is 14.9 Å². The molecule has 0 bridgehead atoms. The summed E-state index contributed by atoms with van der Waals surface area (Å²) in [6, 6.07) is 8.91. The molecule has 160 valence electrons. The number of fused-ring (bicyclic) bond motifs is 1. The number of nitro benzene ring substituents is 1. The lowest BCUT2D eigenvalue weighted by molar-refractivity contribution is -0.384. The predicted octanol–water partition coefficient (Wildman–Crippen LogP) is 4.43. The second-order valence-corrected chi connectivity index (χ2v) is 7.87. The molecule has 2 aromatic carbocycles. The van der Waals surface area contributed by atoms with E-state index in [-0.39, 0.29) is 28.1 Å². The zero-order valence-electron chi connectivity index (χ0n) is 15.8. The van der Waals surface area contributed by atoms with Gasteiger partial charge in [0.1, 0.15) is 0 Å².